The molecular formula is C81H158O17P2. The summed E-state index contributed by atoms with van der Waals surface area (Å²) in [4.78, 5) is 72.9. The summed E-state index contributed by atoms with van der Waals surface area (Å²) in [6, 6.07) is 0. The highest BCUT2D eigenvalue weighted by Gasteiger charge is 2.30. The number of unbranched alkanes of at least 4 members (excludes halogenated alkanes) is 45. The first kappa shape index (κ1) is 98.1. The molecule has 19 heteroatoms. The molecule has 7 atom stereocenters. The van der Waals surface area contributed by atoms with Crippen LogP contribution in [-0.4, -0.2) is 96.7 Å². The van der Waals surface area contributed by atoms with Crippen molar-refractivity contribution in [3.8, 4) is 0 Å². The number of ether oxygens (including phenoxy) is 4. The topological polar surface area (TPSA) is 237 Å². The molecule has 3 N–H and O–H groups in total. The number of phosphoric ester groups is 2. The minimum Gasteiger partial charge on any atom is -0.462 e. The zero-order valence-electron chi connectivity index (χ0n) is 65.7. The Kier molecular flexibility index (Phi) is 69.9. The van der Waals surface area contributed by atoms with Crippen molar-refractivity contribution in [2.75, 3.05) is 39.6 Å². The summed E-state index contributed by atoms with van der Waals surface area (Å²) in [6.07, 6.45) is 60.0. The molecule has 0 aliphatic rings. The fourth-order valence-electron chi connectivity index (χ4n) is 12.4. The normalized spacial score (nSPS) is 14.5. The van der Waals surface area contributed by atoms with Crippen molar-refractivity contribution >= 4 is 39.5 Å². The van der Waals surface area contributed by atoms with Gasteiger partial charge in [-0.15, -0.1) is 0 Å². The van der Waals surface area contributed by atoms with Gasteiger partial charge in [0.2, 0.25) is 0 Å². The average molecular weight is 1470 g/mol. The summed E-state index contributed by atoms with van der Waals surface area (Å²) in [6.45, 7) is 11.9. The third-order valence-electron chi connectivity index (χ3n) is 19.6. The van der Waals surface area contributed by atoms with Crippen LogP contribution < -0.4 is 0 Å². The maximum atomic E-state index is 13.1. The Hall–Kier alpha value is -1.94. The van der Waals surface area contributed by atoms with Crippen LogP contribution in [0.5, 0.6) is 0 Å². The number of aliphatic hydroxyl groups excluding tert-OH is 1. The molecule has 4 unspecified atom stereocenters. The number of esters is 4. The van der Waals surface area contributed by atoms with Crippen LogP contribution in [-0.2, 0) is 65.4 Å². The Bertz CT molecular complexity index is 1940. The smallest absolute Gasteiger partial charge is 0.462 e. The Balaban J connectivity index is 5.19. The van der Waals surface area contributed by atoms with Crippen molar-refractivity contribution in [2.24, 2.45) is 17.8 Å². The third kappa shape index (κ3) is 71.7. The van der Waals surface area contributed by atoms with Gasteiger partial charge in [0.05, 0.1) is 26.4 Å². The van der Waals surface area contributed by atoms with E-state index in [0.717, 1.165) is 108 Å². The van der Waals surface area contributed by atoms with Crippen LogP contribution in [0.25, 0.3) is 0 Å². The summed E-state index contributed by atoms with van der Waals surface area (Å²) in [5.74, 6) is 0.159. The zero-order valence-corrected chi connectivity index (χ0v) is 67.5. The number of carbonyl (C=O) groups excluding carboxylic acids is 4. The van der Waals surface area contributed by atoms with E-state index < -0.39 is 97.5 Å². The van der Waals surface area contributed by atoms with Gasteiger partial charge in [-0.3, -0.25) is 37.3 Å². The standard InChI is InChI=1S/C81H158O17P2/c1-8-11-12-13-14-15-16-17-18-19-20-21-22-23-24-25-30-33-36-41-50-57-64-80(85)97-76(68-91-78(83)62-55-48-40-35-32-29-27-26-28-31-34-39-46-53-60-73(6)9-2)70-95-99(87,88)93-66-75(82)67-94-100(89,90)96-71-77(98-81(86)65-58-51-42-37-38-45-52-59-72(4)5)69-92-79(84)63-56-49-44-43-47-54-61-74(7)10-3/h72-77,82H,8-71H2,1-7H3,(H,87,88)(H,89,90)/t73?,74?,75-,76-,77-/m1/s1. The number of hydrogen-bond donors (Lipinski definition) is 3. The van der Waals surface area contributed by atoms with Gasteiger partial charge in [-0.25, -0.2) is 9.13 Å². The van der Waals surface area contributed by atoms with Crippen LogP contribution in [0.3, 0.4) is 0 Å². The minimum absolute atomic E-state index is 0.103. The van der Waals surface area contributed by atoms with E-state index in [2.05, 4.69) is 48.5 Å². The molecule has 0 radical (unpaired) electrons. The number of carbonyl (C=O) groups is 4. The van der Waals surface area contributed by atoms with Crippen molar-refractivity contribution in [3.05, 3.63) is 0 Å². The fourth-order valence-corrected chi connectivity index (χ4v) is 14.0. The predicted octanol–water partition coefficient (Wildman–Crippen LogP) is 24.1. The van der Waals surface area contributed by atoms with Crippen molar-refractivity contribution in [1.82, 2.24) is 0 Å². The van der Waals surface area contributed by atoms with E-state index in [1.54, 1.807) is 0 Å². The first-order valence-electron chi connectivity index (χ1n) is 41.9. The first-order chi connectivity index (χ1) is 48.3. The minimum atomic E-state index is -4.96. The molecule has 0 rings (SSSR count). The molecule has 0 bridgehead atoms. The molecule has 0 aromatic rings. The highest BCUT2D eigenvalue weighted by Crippen LogP contribution is 2.45. The lowest BCUT2D eigenvalue weighted by Crippen LogP contribution is -2.30. The van der Waals surface area contributed by atoms with Crippen molar-refractivity contribution in [2.45, 2.75) is 439 Å². The molecule has 0 aromatic heterocycles. The molecule has 100 heavy (non-hydrogen) atoms. The van der Waals surface area contributed by atoms with Crippen molar-refractivity contribution in [3.63, 3.8) is 0 Å². The van der Waals surface area contributed by atoms with E-state index in [4.69, 9.17) is 37.0 Å². The summed E-state index contributed by atoms with van der Waals surface area (Å²) < 4.78 is 68.6. The van der Waals surface area contributed by atoms with Gasteiger partial charge < -0.3 is 33.8 Å². The van der Waals surface area contributed by atoms with Crippen LogP contribution in [0.15, 0.2) is 0 Å². The summed E-state index contributed by atoms with van der Waals surface area (Å²) in [5, 5.41) is 10.6. The highest BCUT2D eigenvalue weighted by molar-refractivity contribution is 7.47. The van der Waals surface area contributed by atoms with Crippen molar-refractivity contribution in [1.29, 1.82) is 0 Å². The van der Waals surface area contributed by atoms with Crippen LogP contribution in [0.2, 0.25) is 0 Å². The van der Waals surface area contributed by atoms with Gasteiger partial charge in [0, 0.05) is 25.7 Å². The summed E-state index contributed by atoms with van der Waals surface area (Å²) in [5.41, 5.74) is 0. The van der Waals surface area contributed by atoms with E-state index in [9.17, 15) is 43.2 Å². The first-order valence-corrected chi connectivity index (χ1v) is 44.9. The monoisotopic (exact) mass is 1470 g/mol. The second kappa shape index (κ2) is 71.3. The molecule has 0 amide bonds. The quantitative estimate of drug-likeness (QED) is 0.0222. The summed E-state index contributed by atoms with van der Waals surface area (Å²) >= 11 is 0. The van der Waals surface area contributed by atoms with E-state index in [1.807, 2.05) is 0 Å². The van der Waals surface area contributed by atoms with E-state index in [-0.39, 0.29) is 25.7 Å². The van der Waals surface area contributed by atoms with Crippen LogP contribution in [0, 0.1) is 17.8 Å². The lowest BCUT2D eigenvalue weighted by atomic mass is 9.99. The molecule has 0 aliphatic carbocycles. The average Bonchev–Trinajstić information content (AvgIpc) is 0.932. The van der Waals surface area contributed by atoms with Gasteiger partial charge in [0.1, 0.15) is 19.3 Å². The Morgan fingerprint density at radius 3 is 0.760 bits per heavy atom. The second-order valence-corrected chi connectivity index (χ2v) is 33.0. The molecule has 0 fully saturated rings. The van der Waals surface area contributed by atoms with E-state index in [1.165, 1.54) is 225 Å². The molecule has 594 valence electrons. The maximum Gasteiger partial charge on any atom is 0.472 e. The predicted molar refractivity (Wildman–Crippen MR) is 409 cm³/mol. The Morgan fingerprint density at radius 2 is 0.510 bits per heavy atom. The van der Waals surface area contributed by atoms with Gasteiger partial charge in [0.15, 0.2) is 12.2 Å². The fraction of sp³-hybridized carbons (Fsp3) is 0.951. The molecular weight excluding hydrogens is 1310 g/mol. The van der Waals surface area contributed by atoms with Gasteiger partial charge in [-0.05, 0) is 43.4 Å². The number of aliphatic hydroxyl groups is 1. The zero-order chi connectivity index (χ0) is 73.7. The van der Waals surface area contributed by atoms with E-state index >= 15 is 0 Å². The number of phosphoric acid groups is 2. The third-order valence-corrected chi connectivity index (χ3v) is 21.5. The summed E-state index contributed by atoms with van der Waals surface area (Å²) in [7, 11) is -9.92. The van der Waals surface area contributed by atoms with Gasteiger partial charge in [0.25, 0.3) is 0 Å². The molecule has 0 aliphatic heterocycles. The maximum absolute atomic E-state index is 13.1. The largest absolute Gasteiger partial charge is 0.472 e. The SMILES string of the molecule is CCCCCCCCCCCCCCCCCCCCCCCCC(=O)O[C@H](COC(=O)CCCCCCCCCCCCCCCCC(C)CC)COP(=O)(O)OC[C@@H](O)COP(=O)(O)OC[C@@H](COC(=O)CCCCCCCCC(C)CC)OC(=O)CCCCCCCCCC(C)C. The van der Waals surface area contributed by atoms with Crippen LogP contribution in [0.4, 0.5) is 0 Å². The molecule has 0 spiro atoms. The number of hydrogen-bond acceptors (Lipinski definition) is 15. The molecule has 0 saturated heterocycles. The van der Waals surface area contributed by atoms with Gasteiger partial charge in [-0.2, -0.15) is 0 Å². The highest BCUT2D eigenvalue weighted by atomic mass is 31.2. The molecule has 17 nitrogen and oxygen atoms in total. The van der Waals surface area contributed by atoms with Crippen LogP contribution >= 0.6 is 15.6 Å². The van der Waals surface area contributed by atoms with Crippen molar-refractivity contribution < 1.29 is 80.2 Å². The Labute approximate surface area is 613 Å². The molecule has 0 aromatic carbocycles. The Morgan fingerprint density at radius 1 is 0.290 bits per heavy atom. The lowest BCUT2D eigenvalue weighted by molar-refractivity contribution is -0.161. The van der Waals surface area contributed by atoms with Gasteiger partial charge >= 0.3 is 39.5 Å². The van der Waals surface area contributed by atoms with E-state index in [0.29, 0.717) is 31.6 Å². The molecule has 0 saturated carbocycles. The van der Waals surface area contributed by atoms with Crippen LogP contribution in [0.1, 0.15) is 421 Å². The lowest BCUT2D eigenvalue weighted by Gasteiger charge is -2.21. The van der Waals surface area contributed by atoms with Gasteiger partial charge in [-0.1, -0.05) is 370 Å². The number of rotatable bonds is 79. The second-order valence-electron chi connectivity index (χ2n) is 30.1. The molecule has 0 heterocycles.